The van der Waals surface area contributed by atoms with E-state index in [-0.39, 0.29) is 6.10 Å². The fourth-order valence-electron chi connectivity index (χ4n) is 1.60. The predicted molar refractivity (Wildman–Crippen MR) is 50.1 cm³/mol. The summed E-state index contributed by atoms with van der Waals surface area (Å²) < 4.78 is 5.45. The molecule has 1 aliphatic heterocycles. The van der Waals surface area contributed by atoms with Crippen LogP contribution in [0.4, 0.5) is 0 Å². The first kappa shape index (κ1) is 9.27. The molecule has 4 heteroatoms. The van der Waals surface area contributed by atoms with E-state index in [0.717, 1.165) is 31.4 Å². The highest BCUT2D eigenvalue weighted by Crippen LogP contribution is 2.25. The molecule has 1 aromatic rings. The van der Waals surface area contributed by atoms with Gasteiger partial charge in [-0.25, -0.2) is 9.97 Å². The molecule has 0 aromatic carbocycles. The molecule has 0 saturated carbocycles. The highest BCUT2D eigenvalue weighted by Gasteiger charge is 2.20. The number of nitrogens with zero attached hydrogens (tertiary/aromatic N) is 2. The number of aldehydes is 1. The monoisotopic (exact) mass is 192 g/mol. The Balaban J connectivity index is 2.31. The van der Waals surface area contributed by atoms with Gasteiger partial charge in [0.05, 0.1) is 0 Å². The molecule has 0 aliphatic carbocycles. The SMILES string of the molecule is Cc1cc(C=O)nc(C2CCCO2)n1. The van der Waals surface area contributed by atoms with Crippen LogP contribution < -0.4 is 0 Å². The third kappa shape index (κ3) is 1.80. The average molecular weight is 192 g/mol. The smallest absolute Gasteiger partial charge is 0.168 e. The molecule has 0 radical (unpaired) electrons. The van der Waals surface area contributed by atoms with Crippen LogP contribution in [0.1, 0.15) is 41.0 Å². The molecule has 2 rings (SSSR count). The molecular weight excluding hydrogens is 180 g/mol. The van der Waals surface area contributed by atoms with Gasteiger partial charge in [0.1, 0.15) is 11.8 Å². The van der Waals surface area contributed by atoms with Gasteiger partial charge in [0.2, 0.25) is 0 Å². The summed E-state index contributed by atoms with van der Waals surface area (Å²) in [6.45, 7) is 2.62. The van der Waals surface area contributed by atoms with Crippen molar-refractivity contribution in [2.75, 3.05) is 6.61 Å². The summed E-state index contributed by atoms with van der Waals surface area (Å²) in [6.07, 6.45) is 2.71. The molecule has 1 saturated heterocycles. The Morgan fingerprint density at radius 2 is 2.43 bits per heavy atom. The largest absolute Gasteiger partial charge is 0.370 e. The zero-order valence-electron chi connectivity index (χ0n) is 8.06. The molecule has 1 fully saturated rings. The Labute approximate surface area is 82.3 Å². The van der Waals surface area contributed by atoms with Gasteiger partial charge >= 0.3 is 0 Å². The Morgan fingerprint density at radius 3 is 3.07 bits per heavy atom. The van der Waals surface area contributed by atoms with Crippen molar-refractivity contribution in [2.24, 2.45) is 0 Å². The number of rotatable bonds is 2. The Bertz CT molecular complexity index is 346. The van der Waals surface area contributed by atoms with Gasteiger partial charge in [-0.15, -0.1) is 0 Å². The van der Waals surface area contributed by atoms with Crippen LogP contribution in [0.25, 0.3) is 0 Å². The van der Waals surface area contributed by atoms with E-state index in [0.29, 0.717) is 11.5 Å². The molecule has 1 unspecified atom stereocenters. The zero-order valence-corrected chi connectivity index (χ0v) is 8.06. The number of hydrogen-bond acceptors (Lipinski definition) is 4. The van der Waals surface area contributed by atoms with Crippen LogP contribution in [0.3, 0.4) is 0 Å². The first-order valence-electron chi connectivity index (χ1n) is 4.72. The molecule has 0 bridgehead atoms. The molecule has 1 atom stereocenters. The van der Waals surface area contributed by atoms with Crippen molar-refractivity contribution in [1.29, 1.82) is 0 Å². The summed E-state index contributed by atoms with van der Waals surface area (Å²) in [5.74, 6) is 0.643. The Kier molecular flexibility index (Phi) is 2.54. The van der Waals surface area contributed by atoms with Crippen molar-refractivity contribution in [2.45, 2.75) is 25.9 Å². The molecule has 14 heavy (non-hydrogen) atoms. The van der Waals surface area contributed by atoms with Crippen LogP contribution in [0.2, 0.25) is 0 Å². The quantitative estimate of drug-likeness (QED) is 0.665. The summed E-state index contributed by atoms with van der Waals surface area (Å²) in [7, 11) is 0. The second kappa shape index (κ2) is 3.84. The maximum Gasteiger partial charge on any atom is 0.168 e. The Morgan fingerprint density at radius 1 is 1.57 bits per heavy atom. The fraction of sp³-hybridized carbons (Fsp3) is 0.500. The lowest BCUT2D eigenvalue weighted by molar-refractivity contribution is 0.104. The van der Waals surface area contributed by atoms with Gasteiger partial charge in [-0.05, 0) is 25.8 Å². The van der Waals surface area contributed by atoms with Crippen LogP contribution in [-0.4, -0.2) is 22.9 Å². The molecule has 0 amide bonds. The second-order valence-electron chi connectivity index (χ2n) is 3.41. The first-order chi connectivity index (χ1) is 6.79. The molecule has 1 aliphatic rings. The van der Waals surface area contributed by atoms with E-state index in [4.69, 9.17) is 4.74 Å². The van der Waals surface area contributed by atoms with E-state index in [1.807, 2.05) is 6.92 Å². The number of carbonyl (C=O) groups excluding carboxylic acids is 1. The number of hydrogen-bond donors (Lipinski definition) is 0. The van der Waals surface area contributed by atoms with Crippen molar-refractivity contribution < 1.29 is 9.53 Å². The molecule has 1 aromatic heterocycles. The van der Waals surface area contributed by atoms with Crippen LogP contribution in [-0.2, 0) is 4.74 Å². The summed E-state index contributed by atoms with van der Waals surface area (Å²) in [6, 6.07) is 1.67. The number of carbonyl (C=O) groups is 1. The normalized spacial score (nSPS) is 21.1. The van der Waals surface area contributed by atoms with Crippen LogP contribution >= 0.6 is 0 Å². The van der Waals surface area contributed by atoms with E-state index < -0.39 is 0 Å². The number of aromatic nitrogens is 2. The number of aryl methyl sites for hydroxylation is 1. The summed E-state index contributed by atoms with van der Waals surface area (Å²) in [5, 5.41) is 0. The van der Waals surface area contributed by atoms with E-state index in [9.17, 15) is 4.79 Å². The lowest BCUT2D eigenvalue weighted by Crippen LogP contribution is -2.06. The minimum Gasteiger partial charge on any atom is -0.370 e. The van der Waals surface area contributed by atoms with Gasteiger partial charge in [-0.1, -0.05) is 0 Å². The van der Waals surface area contributed by atoms with Crippen molar-refractivity contribution in [3.05, 3.63) is 23.3 Å². The maximum atomic E-state index is 10.6. The van der Waals surface area contributed by atoms with Crippen molar-refractivity contribution in [1.82, 2.24) is 9.97 Å². The predicted octanol–water partition coefficient (Wildman–Crippen LogP) is 1.45. The highest BCUT2D eigenvalue weighted by atomic mass is 16.5. The van der Waals surface area contributed by atoms with Crippen LogP contribution in [0.5, 0.6) is 0 Å². The van der Waals surface area contributed by atoms with Gasteiger partial charge < -0.3 is 4.74 Å². The minimum atomic E-state index is -0.0198. The fourth-order valence-corrected chi connectivity index (χ4v) is 1.60. The second-order valence-corrected chi connectivity index (χ2v) is 3.41. The Hall–Kier alpha value is -1.29. The third-order valence-electron chi connectivity index (χ3n) is 2.23. The third-order valence-corrected chi connectivity index (χ3v) is 2.23. The summed E-state index contributed by atoms with van der Waals surface area (Å²) in [4.78, 5) is 19.0. The molecular formula is C10H12N2O2. The molecule has 4 nitrogen and oxygen atoms in total. The lowest BCUT2D eigenvalue weighted by Gasteiger charge is -2.08. The van der Waals surface area contributed by atoms with E-state index >= 15 is 0 Å². The van der Waals surface area contributed by atoms with Gasteiger partial charge in [0.25, 0.3) is 0 Å². The van der Waals surface area contributed by atoms with E-state index in [1.165, 1.54) is 0 Å². The van der Waals surface area contributed by atoms with E-state index in [1.54, 1.807) is 6.07 Å². The highest BCUT2D eigenvalue weighted by molar-refractivity contribution is 5.71. The van der Waals surface area contributed by atoms with Crippen molar-refractivity contribution >= 4 is 6.29 Å². The maximum absolute atomic E-state index is 10.6. The van der Waals surface area contributed by atoms with Gasteiger partial charge in [0.15, 0.2) is 12.1 Å². The van der Waals surface area contributed by atoms with Gasteiger partial charge in [0, 0.05) is 12.3 Å². The average Bonchev–Trinajstić information content (AvgIpc) is 2.69. The zero-order chi connectivity index (χ0) is 9.97. The van der Waals surface area contributed by atoms with Crippen molar-refractivity contribution in [3.63, 3.8) is 0 Å². The van der Waals surface area contributed by atoms with E-state index in [2.05, 4.69) is 9.97 Å². The minimum absolute atomic E-state index is 0.0198. The molecule has 74 valence electrons. The topological polar surface area (TPSA) is 52.1 Å². The number of ether oxygens (including phenoxy) is 1. The van der Waals surface area contributed by atoms with Crippen LogP contribution in [0, 0.1) is 6.92 Å². The first-order valence-corrected chi connectivity index (χ1v) is 4.72. The van der Waals surface area contributed by atoms with Gasteiger partial charge in [-0.2, -0.15) is 0 Å². The summed E-state index contributed by atoms with van der Waals surface area (Å²) in [5.41, 5.74) is 1.25. The molecule has 2 heterocycles. The van der Waals surface area contributed by atoms with Crippen molar-refractivity contribution in [3.8, 4) is 0 Å². The molecule has 0 spiro atoms. The lowest BCUT2D eigenvalue weighted by atomic mass is 10.2. The molecule has 0 N–H and O–H groups in total. The van der Waals surface area contributed by atoms with Crippen LogP contribution in [0.15, 0.2) is 6.07 Å². The van der Waals surface area contributed by atoms with Gasteiger partial charge in [-0.3, -0.25) is 4.79 Å². The standard InChI is InChI=1S/C10H12N2O2/c1-7-5-8(6-13)12-10(11-7)9-3-2-4-14-9/h5-6,9H,2-4H2,1H3. The summed E-state index contributed by atoms with van der Waals surface area (Å²) >= 11 is 0.